The van der Waals surface area contributed by atoms with Gasteiger partial charge >= 0.3 is 6.18 Å². The van der Waals surface area contributed by atoms with Crippen molar-refractivity contribution in [3.05, 3.63) is 0 Å². The van der Waals surface area contributed by atoms with Crippen molar-refractivity contribution < 1.29 is 13.2 Å². The van der Waals surface area contributed by atoms with Crippen LogP contribution in [0.4, 0.5) is 13.2 Å². The summed E-state index contributed by atoms with van der Waals surface area (Å²) in [5, 5.41) is 3.45. The lowest BCUT2D eigenvalue weighted by Crippen LogP contribution is -2.40. The van der Waals surface area contributed by atoms with Gasteiger partial charge in [-0.2, -0.15) is 13.2 Å². The van der Waals surface area contributed by atoms with Gasteiger partial charge in [-0.15, -0.1) is 0 Å². The fourth-order valence-corrected chi connectivity index (χ4v) is 2.60. The molecule has 0 aromatic heterocycles. The highest BCUT2D eigenvalue weighted by Crippen LogP contribution is 2.22. The molecule has 0 aromatic carbocycles. The zero-order chi connectivity index (χ0) is 14.3. The number of rotatable bonds is 7. The van der Waals surface area contributed by atoms with Crippen LogP contribution in [0.1, 0.15) is 39.5 Å². The molecular formula is C14H27F3N2. The third-order valence-electron chi connectivity index (χ3n) is 3.52. The number of piperidine rings is 1. The van der Waals surface area contributed by atoms with Crippen LogP contribution in [0.25, 0.3) is 0 Å². The van der Waals surface area contributed by atoms with Gasteiger partial charge in [0.1, 0.15) is 0 Å². The average Bonchev–Trinajstić information content (AvgIpc) is 2.27. The van der Waals surface area contributed by atoms with E-state index in [2.05, 4.69) is 24.1 Å². The van der Waals surface area contributed by atoms with E-state index in [-0.39, 0.29) is 6.42 Å². The molecule has 5 heteroatoms. The summed E-state index contributed by atoms with van der Waals surface area (Å²) in [6.45, 7) is 8.86. The van der Waals surface area contributed by atoms with E-state index in [1.807, 2.05) is 0 Å². The largest absolute Gasteiger partial charge is 0.389 e. The van der Waals surface area contributed by atoms with Crippen LogP contribution < -0.4 is 5.32 Å². The first-order valence-corrected chi connectivity index (χ1v) is 7.36. The van der Waals surface area contributed by atoms with Gasteiger partial charge < -0.3 is 10.2 Å². The molecule has 1 unspecified atom stereocenters. The first-order valence-electron chi connectivity index (χ1n) is 7.36. The van der Waals surface area contributed by atoms with E-state index < -0.39 is 12.6 Å². The lowest BCUT2D eigenvalue weighted by atomic mass is 9.97. The van der Waals surface area contributed by atoms with Crippen LogP contribution in [0, 0.1) is 11.8 Å². The second-order valence-corrected chi connectivity index (χ2v) is 6.08. The predicted octanol–water partition coefficient (Wildman–Crippen LogP) is 3.29. The SMILES string of the molecule is CC(C)CNCC1CCCN(CCCC(F)(F)F)C1. The molecule has 1 aliphatic heterocycles. The molecule has 1 heterocycles. The quantitative estimate of drug-likeness (QED) is 0.770. The zero-order valence-corrected chi connectivity index (χ0v) is 12.1. The fraction of sp³-hybridized carbons (Fsp3) is 1.00. The Labute approximate surface area is 114 Å². The highest BCUT2D eigenvalue weighted by molar-refractivity contribution is 4.75. The summed E-state index contributed by atoms with van der Waals surface area (Å²) in [4.78, 5) is 2.19. The number of nitrogens with zero attached hydrogens (tertiary/aromatic N) is 1. The molecule has 1 N–H and O–H groups in total. The molecule has 0 aliphatic carbocycles. The van der Waals surface area contributed by atoms with Gasteiger partial charge in [0.15, 0.2) is 0 Å². The third-order valence-corrected chi connectivity index (χ3v) is 3.52. The minimum Gasteiger partial charge on any atom is -0.316 e. The Kier molecular flexibility index (Phi) is 7.15. The fourth-order valence-electron chi connectivity index (χ4n) is 2.60. The topological polar surface area (TPSA) is 15.3 Å². The van der Waals surface area contributed by atoms with Crippen LogP contribution in [-0.2, 0) is 0 Å². The molecule has 19 heavy (non-hydrogen) atoms. The van der Waals surface area contributed by atoms with Gasteiger partial charge in [0.25, 0.3) is 0 Å². The van der Waals surface area contributed by atoms with E-state index in [0.717, 1.165) is 32.6 Å². The predicted molar refractivity (Wildman–Crippen MR) is 72.2 cm³/mol. The zero-order valence-electron chi connectivity index (χ0n) is 12.1. The summed E-state index contributed by atoms with van der Waals surface area (Å²) >= 11 is 0. The number of hydrogen-bond donors (Lipinski definition) is 1. The Morgan fingerprint density at radius 3 is 2.68 bits per heavy atom. The van der Waals surface area contributed by atoms with Gasteiger partial charge in [-0.3, -0.25) is 0 Å². The lowest BCUT2D eigenvalue weighted by molar-refractivity contribution is -0.136. The molecule has 0 radical (unpaired) electrons. The molecule has 0 saturated carbocycles. The minimum atomic E-state index is -4.01. The number of nitrogens with one attached hydrogen (secondary N) is 1. The monoisotopic (exact) mass is 280 g/mol. The van der Waals surface area contributed by atoms with Crippen LogP contribution in [-0.4, -0.2) is 43.8 Å². The van der Waals surface area contributed by atoms with E-state index >= 15 is 0 Å². The van der Waals surface area contributed by atoms with Crippen LogP contribution in [0.15, 0.2) is 0 Å². The Hall–Kier alpha value is -0.290. The molecular weight excluding hydrogens is 253 g/mol. The standard InChI is InChI=1S/C14H27F3N2/c1-12(2)9-18-10-13-5-3-7-19(11-13)8-4-6-14(15,16)17/h12-13,18H,3-11H2,1-2H3. The average molecular weight is 280 g/mol. The van der Waals surface area contributed by atoms with E-state index in [1.165, 1.54) is 6.42 Å². The van der Waals surface area contributed by atoms with Gasteiger partial charge in [-0.25, -0.2) is 0 Å². The van der Waals surface area contributed by atoms with Crippen molar-refractivity contribution in [2.75, 3.05) is 32.7 Å². The van der Waals surface area contributed by atoms with Gasteiger partial charge in [0.2, 0.25) is 0 Å². The van der Waals surface area contributed by atoms with Crippen LogP contribution in [0.3, 0.4) is 0 Å². The highest BCUT2D eigenvalue weighted by Gasteiger charge is 2.27. The summed E-state index contributed by atoms with van der Waals surface area (Å²) < 4.78 is 36.3. The molecule has 1 aliphatic rings. The summed E-state index contributed by atoms with van der Waals surface area (Å²) in [6, 6.07) is 0. The first-order chi connectivity index (χ1) is 8.87. The normalized spacial score (nSPS) is 22.1. The van der Waals surface area contributed by atoms with Crippen molar-refractivity contribution in [3.63, 3.8) is 0 Å². The van der Waals surface area contributed by atoms with Gasteiger partial charge in [0, 0.05) is 13.0 Å². The van der Waals surface area contributed by atoms with E-state index in [0.29, 0.717) is 18.4 Å². The molecule has 0 aromatic rings. The summed E-state index contributed by atoms with van der Waals surface area (Å²) in [5.41, 5.74) is 0. The molecule has 114 valence electrons. The van der Waals surface area contributed by atoms with Crippen molar-refractivity contribution in [1.29, 1.82) is 0 Å². The van der Waals surface area contributed by atoms with Crippen LogP contribution >= 0.6 is 0 Å². The van der Waals surface area contributed by atoms with Crippen LogP contribution in [0.2, 0.25) is 0 Å². The highest BCUT2D eigenvalue weighted by atomic mass is 19.4. The second-order valence-electron chi connectivity index (χ2n) is 6.08. The van der Waals surface area contributed by atoms with E-state index in [9.17, 15) is 13.2 Å². The van der Waals surface area contributed by atoms with E-state index in [4.69, 9.17) is 0 Å². The maximum absolute atomic E-state index is 12.1. The number of alkyl halides is 3. The van der Waals surface area contributed by atoms with Crippen molar-refractivity contribution >= 4 is 0 Å². The molecule has 1 atom stereocenters. The molecule has 1 saturated heterocycles. The Balaban J connectivity index is 2.15. The number of halogens is 3. The second kappa shape index (κ2) is 8.10. The smallest absolute Gasteiger partial charge is 0.316 e. The van der Waals surface area contributed by atoms with Crippen molar-refractivity contribution in [2.45, 2.75) is 45.7 Å². The Bertz CT molecular complexity index is 241. The first kappa shape index (κ1) is 16.8. The molecule has 1 rings (SSSR count). The van der Waals surface area contributed by atoms with Crippen molar-refractivity contribution in [3.8, 4) is 0 Å². The molecule has 0 bridgehead atoms. The maximum Gasteiger partial charge on any atom is 0.389 e. The summed E-state index contributed by atoms with van der Waals surface area (Å²) in [5.74, 6) is 1.24. The molecule has 0 amide bonds. The molecule has 1 fully saturated rings. The van der Waals surface area contributed by atoms with E-state index in [1.54, 1.807) is 0 Å². The van der Waals surface area contributed by atoms with Gasteiger partial charge in [-0.05, 0) is 57.3 Å². The Morgan fingerprint density at radius 1 is 1.32 bits per heavy atom. The lowest BCUT2D eigenvalue weighted by Gasteiger charge is -2.33. The van der Waals surface area contributed by atoms with Gasteiger partial charge in [-0.1, -0.05) is 13.8 Å². The summed E-state index contributed by atoms with van der Waals surface area (Å²) in [7, 11) is 0. The van der Waals surface area contributed by atoms with Crippen LogP contribution in [0.5, 0.6) is 0 Å². The Morgan fingerprint density at radius 2 is 2.05 bits per heavy atom. The minimum absolute atomic E-state index is 0.232. The molecule has 0 spiro atoms. The number of hydrogen-bond acceptors (Lipinski definition) is 2. The molecule has 2 nitrogen and oxygen atoms in total. The van der Waals surface area contributed by atoms with Crippen molar-refractivity contribution in [1.82, 2.24) is 10.2 Å². The maximum atomic E-state index is 12.1. The third kappa shape index (κ3) is 8.47. The van der Waals surface area contributed by atoms with Gasteiger partial charge in [0.05, 0.1) is 0 Å². The summed E-state index contributed by atoms with van der Waals surface area (Å²) in [6.07, 6.45) is -2.12. The van der Waals surface area contributed by atoms with Crippen molar-refractivity contribution in [2.24, 2.45) is 11.8 Å². The number of likely N-dealkylation sites (tertiary alicyclic amines) is 1.